The summed E-state index contributed by atoms with van der Waals surface area (Å²) in [6.07, 6.45) is 5.33. The van der Waals surface area contributed by atoms with Gasteiger partial charge in [-0.15, -0.1) is 0 Å². The predicted molar refractivity (Wildman–Crippen MR) is 104 cm³/mol. The van der Waals surface area contributed by atoms with Crippen molar-refractivity contribution in [3.05, 3.63) is 54.5 Å². The van der Waals surface area contributed by atoms with Crippen LogP contribution in [-0.2, 0) is 6.54 Å². The Labute approximate surface area is 163 Å². The third kappa shape index (κ3) is 4.06. The molecule has 146 valence electrons. The monoisotopic (exact) mass is 382 g/mol. The molecule has 0 unspecified atom stereocenters. The number of nitrogens with one attached hydrogen (secondary N) is 1. The number of amides is 1. The van der Waals surface area contributed by atoms with Crippen LogP contribution in [0.3, 0.4) is 0 Å². The number of benzene rings is 1. The van der Waals surface area contributed by atoms with Gasteiger partial charge >= 0.3 is 0 Å². The molecule has 1 aromatic carbocycles. The summed E-state index contributed by atoms with van der Waals surface area (Å²) in [6.45, 7) is 0.945. The van der Waals surface area contributed by atoms with Crippen LogP contribution in [0.1, 0.15) is 10.4 Å². The quantitative estimate of drug-likeness (QED) is 0.644. The molecule has 0 fully saturated rings. The standard InChI is InChI=1S/C20H22N4O4/c1-26-17-5-4-15(18(27-2)19(17)28-3)20(25)22-11-13-24-12-8-16(23-24)14-6-9-21-10-7-14/h4-10,12H,11,13H2,1-3H3,(H,22,25). The van der Waals surface area contributed by atoms with E-state index in [1.807, 2.05) is 24.4 Å². The number of aromatic nitrogens is 3. The van der Waals surface area contributed by atoms with E-state index in [0.29, 0.717) is 35.9 Å². The number of nitrogens with zero attached hydrogens (tertiary/aromatic N) is 3. The zero-order valence-electron chi connectivity index (χ0n) is 16.0. The van der Waals surface area contributed by atoms with E-state index in [0.717, 1.165) is 11.3 Å². The molecular weight excluding hydrogens is 360 g/mol. The van der Waals surface area contributed by atoms with Crippen molar-refractivity contribution in [3.63, 3.8) is 0 Å². The fourth-order valence-corrected chi connectivity index (χ4v) is 2.82. The van der Waals surface area contributed by atoms with E-state index in [9.17, 15) is 4.79 Å². The largest absolute Gasteiger partial charge is 0.493 e. The zero-order chi connectivity index (χ0) is 19.9. The Morgan fingerprint density at radius 1 is 1.00 bits per heavy atom. The maximum absolute atomic E-state index is 12.6. The number of hydrogen-bond acceptors (Lipinski definition) is 6. The topological polar surface area (TPSA) is 87.5 Å². The summed E-state index contributed by atoms with van der Waals surface area (Å²) >= 11 is 0. The second-order valence-corrected chi connectivity index (χ2v) is 5.84. The van der Waals surface area contributed by atoms with E-state index in [1.165, 1.54) is 21.3 Å². The molecule has 8 nitrogen and oxygen atoms in total. The molecule has 1 amide bonds. The summed E-state index contributed by atoms with van der Waals surface area (Å²) in [7, 11) is 4.51. The molecule has 8 heteroatoms. The van der Waals surface area contributed by atoms with Crippen LogP contribution >= 0.6 is 0 Å². The van der Waals surface area contributed by atoms with Crippen molar-refractivity contribution in [3.8, 4) is 28.5 Å². The highest BCUT2D eigenvalue weighted by Gasteiger charge is 2.20. The Morgan fingerprint density at radius 3 is 2.43 bits per heavy atom. The molecule has 0 aliphatic carbocycles. The molecule has 3 rings (SSSR count). The van der Waals surface area contributed by atoms with Gasteiger partial charge < -0.3 is 19.5 Å². The lowest BCUT2D eigenvalue weighted by molar-refractivity contribution is 0.0948. The fourth-order valence-electron chi connectivity index (χ4n) is 2.82. The lowest BCUT2D eigenvalue weighted by Crippen LogP contribution is -2.27. The van der Waals surface area contributed by atoms with Crippen LogP contribution in [0.25, 0.3) is 11.3 Å². The van der Waals surface area contributed by atoms with Gasteiger partial charge in [-0.25, -0.2) is 0 Å². The van der Waals surface area contributed by atoms with Crippen LogP contribution in [-0.4, -0.2) is 48.5 Å². The molecular formula is C20H22N4O4. The lowest BCUT2D eigenvalue weighted by Gasteiger charge is -2.15. The molecule has 1 N–H and O–H groups in total. The predicted octanol–water partition coefficient (Wildman–Crippen LogP) is 2.40. The van der Waals surface area contributed by atoms with Crippen LogP contribution in [0.15, 0.2) is 48.9 Å². The van der Waals surface area contributed by atoms with Gasteiger partial charge in [0.1, 0.15) is 0 Å². The molecule has 0 saturated carbocycles. The number of carbonyl (C=O) groups excluding carboxylic acids is 1. The number of ether oxygens (including phenoxy) is 3. The molecule has 0 spiro atoms. The molecule has 2 aromatic heterocycles. The van der Waals surface area contributed by atoms with Gasteiger partial charge in [0.05, 0.1) is 39.1 Å². The average Bonchev–Trinajstić information content (AvgIpc) is 3.21. The zero-order valence-corrected chi connectivity index (χ0v) is 16.0. The molecule has 0 saturated heterocycles. The van der Waals surface area contributed by atoms with Crippen molar-refractivity contribution in [2.45, 2.75) is 6.54 Å². The number of methoxy groups -OCH3 is 3. The van der Waals surface area contributed by atoms with Crippen molar-refractivity contribution in [2.75, 3.05) is 27.9 Å². The molecule has 0 radical (unpaired) electrons. The van der Waals surface area contributed by atoms with Crippen LogP contribution in [0.4, 0.5) is 0 Å². The van der Waals surface area contributed by atoms with Crippen molar-refractivity contribution < 1.29 is 19.0 Å². The maximum Gasteiger partial charge on any atom is 0.255 e. The van der Waals surface area contributed by atoms with Crippen LogP contribution in [0.2, 0.25) is 0 Å². The van der Waals surface area contributed by atoms with Gasteiger partial charge in [-0.3, -0.25) is 14.5 Å². The van der Waals surface area contributed by atoms with Gasteiger partial charge in [0.25, 0.3) is 5.91 Å². The first-order valence-electron chi connectivity index (χ1n) is 8.69. The highest BCUT2D eigenvalue weighted by Crippen LogP contribution is 2.39. The smallest absolute Gasteiger partial charge is 0.255 e. The minimum Gasteiger partial charge on any atom is -0.493 e. The molecule has 0 atom stereocenters. The molecule has 2 heterocycles. The fraction of sp³-hybridized carbons (Fsp3) is 0.250. The van der Waals surface area contributed by atoms with Crippen molar-refractivity contribution in [1.82, 2.24) is 20.1 Å². The molecule has 0 aliphatic heterocycles. The van der Waals surface area contributed by atoms with E-state index in [-0.39, 0.29) is 5.91 Å². The van der Waals surface area contributed by atoms with E-state index in [1.54, 1.807) is 29.2 Å². The van der Waals surface area contributed by atoms with Gasteiger partial charge in [0, 0.05) is 30.7 Å². The summed E-state index contributed by atoms with van der Waals surface area (Å²) in [6, 6.07) is 9.04. The minimum atomic E-state index is -0.265. The highest BCUT2D eigenvalue weighted by molar-refractivity contribution is 5.98. The van der Waals surface area contributed by atoms with Gasteiger partial charge in [-0.05, 0) is 30.3 Å². The van der Waals surface area contributed by atoms with Crippen LogP contribution in [0, 0.1) is 0 Å². The number of pyridine rings is 1. The number of hydrogen-bond donors (Lipinski definition) is 1. The Hall–Kier alpha value is -3.55. The first-order valence-corrected chi connectivity index (χ1v) is 8.69. The summed E-state index contributed by atoms with van der Waals surface area (Å²) in [5.41, 5.74) is 2.22. The molecule has 0 bridgehead atoms. The summed E-state index contributed by atoms with van der Waals surface area (Å²) in [5.74, 6) is 0.945. The van der Waals surface area contributed by atoms with Gasteiger partial charge in [0.2, 0.25) is 5.75 Å². The second-order valence-electron chi connectivity index (χ2n) is 5.84. The van der Waals surface area contributed by atoms with Crippen molar-refractivity contribution in [1.29, 1.82) is 0 Å². The third-order valence-corrected chi connectivity index (χ3v) is 4.19. The normalized spacial score (nSPS) is 10.4. The van der Waals surface area contributed by atoms with Crippen LogP contribution < -0.4 is 19.5 Å². The second kappa shape index (κ2) is 8.90. The van der Waals surface area contributed by atoms with Gasteiger partial charge in [0.15, 0.2) is 11.5 Å². The maximum atomic E-state index is 12.6. The summed E-state index contributed by atoms with van der Waals surface area (Å²) < 4.78 is 17.7. The Morgan fingerprint density at radius 2 is 1.75 bits per heavy atom. The van der Waals surface area contributed by atoms with Crippen molar-refractivity contribution in [2.24, 2.45) is 0 Å². The molecule has 3 aromatic rings. The first kappa shape index (κ1) is 19.2. The Kier molecular flexibility index (Phi) is 6.11. The Bertz CT molecular complexity index is 941. The SMILES string of the molecule is COc1ccc(C(=O)NCCn2ccc(-c3ccncc3)n2)c(OC)c1OC. The first-order chi connectivity index (χ1) is 13.7. The van der Waals surface area contributed by atoms with Crippen LogP contribution in [0.5, 0.6) is 17.2 Å². The minimum absolute atomic E-state index is 0.265. The molecule has 28 heavy (non-hydrogen) atoms. The lowest BCUT2D eigenvalue weighted by atomic mass is 10.1. The van der Waals surface area contributed by atoms with E-state index in [4.69, 9.17) is 14.2 Å². The van der Waals surface area contributed by atoms with E-state index < -0.39 is 0 Å². The number of rotatable bonds is 8. The molecule has 0 aliphatic rings. The van der Waals surface area contributed by atoms with E-state index >= 15 is 0 Å². The summed E-state index contributed by atoms with van der Waals surface area (Å²) in [5, 5.41) is 7.38. The highest BCUT2D eigenvalue weighted by atomic mass is 16.5. The summed E-state index contributed by atoms with van der Waals surface area (Å²) in [4.78, 5) is 16.6. The third-order valence-electron chi connectivity index (χ3n) is 4.19. The average molecular weight is 382 g/mol. The number of carbonyl (C=O) groups is 1. The van der Waals surface area contributed by atoms with E-state index in [2.05, 4.69) is 15.4 Å². The van der Waals surface area contributed by atoms with Crippen molar-refractivity contribution >= 4 is 5.91 Å². The Balaban J connectivity index is 1.64. The van der Waals surface area contributed by atoms with Gasteiger partial charge in [-0.1, -0.05) is 0 Å². The van der Waals surface area contributed by atoms with Gasteiger partial charge in [-0.2, -0.15) is 5.10 Å².